The number of unbranched alkanes of at least 4 members (excludes halogenated alkanes) is 3. The van der Waals surface area contributed by atoms with Gasteiger partial charge in [0.1, 0.15) is 0 Å². The Balaban J connectivity index is 2.06. The van der Waals surface area contributed by atoms with Crippen LogP contribution in [0, 0.1) is 6.92 Å². The van der Waals surface area contributed by atoms with Crippen molar-refractivity contribution in [1.29, 1.82) is 0 Å². The fourth-order valence-corrected chi connectivity index (χ4v) is 2.64. The van der Waals surface area contributed by atoms with Crippen molar-refractivity contribution in [2.75, 3.05) is 0 Å². The summed E-state index contributed by atoms with van der Waals surface area (Å²) in [5.41, 5.74) is 4.92. The van der Waals surface area contributed by atoms with Crippen LogP contribution in [-0.2, 0) is 12.8 Å². The predicted octanol–water partition coefficient (Wildman–Crippen LogP) is 5.53. The molecule has 2 nitrogen and oxygen atoms in total. The first-order valence-electron chi connectivity index (χ1n) is 8.66. The van der Waals surface area contributed by atoms with Gasteiger partial charge in [-0.2, -0.15) is 0 Å². The summed E-state index contributed by atoms with van der Waals surface area (Å²) in [6.07, 6.45) is 10.5. The highest BCUT2D eigenvalue weighted by atomic mass is 14.9. The largest absolute Gasteiger partial charge is 0.236 e. The molecule has 0 aliphatic rings. The minimum Gasteiger partial charge on any atom is -0.236 e. The van der Waals surface area contributed by atoms with Crippen LogP contribution in [0.5, 0.6) is 0 Å². The van der Waals surface area contributed by atoms with E-state index in [0.717, 1.165) is 23.5 Å². The average Bonchev–Trinajstić information content (AvgIpc) is 2.54. The Bertz CT molecular complexity index is 573. The van der Waals surface area contributed by atoms with Crippen LogP contribution < -0.4 is 0 Å². The van der Waals surface area contributed by atoms with E-state index in [4.69, 9.17) is 4.98 Å². The predicted molar refractivity (Wildman–Crippen MR) is 94.0 cm³/mol. The molecule has 2 heteroatoms. The molecule has 1 aromatic heterocycles. The van der Waals surface area contributed by atoms with Gasteiger partial charge in [0.05, 0.1) is 0 Å². The molecule has 22 heavy (non-hydrogen) atoms. The third-order valence-corrected chi connectivity index (χ3v) is 4.16. The van der Waals surface area contributed by atoms with E-state index in [1.165, 1.54) is 49.7 Å². The zero-order valence-corrected chi connectivity index (χ0v) is 14.2. The van der Waals surface area contributed by atoms with E-state index in [1.807, 2.05) is 6.20 Å². The maximum atomic E-state index is 4.69. The molecule has 0 aliphatic heterocycles. The van der Waals surface area contributed by atoms with Gasteiger partial charge in [0.2, 0.25) is 0 Å². The van der Waals surface area contributed by atoms with Crippen molar-refractivity contribution in [1.82, 2.24) is 9.97 Å². The molecule has 0 saturated carbocycles. The molecule has 1 heterocycles. The second-order valence-corrected chi connectivity index (χ2v) is 6.06. The summed E-state index contributed by atoms with van der Waals surface area (Å²) in [6, 6.07) is 8.74. The highest BCUT2D eigenvalue weighted by Crippen LogP contribution is 2.19. The van der Waals surface area contributed by atoms with Gasteiger partial charge in [0, 0.05) is 17.5 Å². The van der Waals surface area contributed by atoms with E-state index in [2.05, 4.69) is 50.0 Å². The van der Waals surface area contributed by atoms with Crippen LogP contribution in [0.4, 0.5) is 0 Å². The number of benzene rings is 1. The minimum absolute atomic E-state index is 0.845. The molecule has 0 N–H and O–H groups in total. The van der Waals surface area contributed by atoms with Crippen molar-refractivity contribution >= 4 is 0 Å². The molecule has 0 amide bonds. The van der Waals surface area contributed by atoms with Crippen LogP contribution in [-0.4, -0.2) is 9.97 Å². The quantitative estimate of drug-likeness (QED) is 0.599. The lowest BCUT2D eigenvalue weighted by Crippen LogP contribution is -1.98. The number of hydrogen-bond acceptors (Lipinski definition) is 2. The molecule has 0 atom stereocenters. The first kappa shape index (κ1) is 16.7. The van der Waals surface area contributed by atoms with Crippen molar-refractivity contribution in [3.05, 3.63) is 47.3 Å². The number of nitrogens with zero attached hydrogens (tertiary/aromatic N) is 2. The Hall–Kier alpha value is -1.70. The number of hydrogen-bond donors (Lipinski definition) is 0. The van der Waals surface area contributed by atoms with Crippen LogP contribution in [0.25, 0.3) is 11.4 Å². The van der Waals surface area contributed by atoms with Gasteiger partial charge in [0.15, 0.2) is 5.82 Å². The summed E-state index contributed by atoms with van der Waals surface area (Å²) < 4.78 is 0. The van der Waals surface area contributed by atoms with Gasteiger partial charge in [-0.15, -0.1) is 0 Å². The summed E-state index contributed by atoms with van der Waals surface area (Å²) in [7, 11) is 0. The summed E-state index contributed by atoms with van der Waals surface area (Å²) in [5, 5.41) is 0. The highest BCUT2D eigenvalue weighted by molar-refractivity contribution is 5.55. The summed E-state index contributed by atoms with van der Waals surface area (Å²) in [6.45, 7) is 6.55. The van der Waals surface area contributed by atoms with Crippen LogP contribution >= 0.6 is 0 Å². The molecule has 0 saturated heterocycles. The Morgan fingerprint density at radius 2 is 1.59 bits per heavy atom. The zero-order chi connectivity index (χ0) is 15.8. The number of aryl methyl sites for hydroxylation is 3. The third-order valence-electron chi connectivity index (χ3n) is 4.16. The lowest BCUT2D eigenvalue weighted by atomic mass is 10.0. The first-order valence-corrected chi connectivity index (χ1v) is 8.66. The Labute approximate surface area is 135 Å². The molecular weight excluding hydrogens is 268 g/mol. The molecule has 118 valence electrons. The fourth-order valence-electron chi connectivity index (χ4n) is 2.64. The molecule has 0 radical (unpaired) electrons. The summed E-state index contributed by atoms with van der Waals surface area (Å²) in [4.78, 5) is 9.25. The van der Waals surface area contributed by atoms with E-state index < -0.39 is 0 Å². The molecule has 0 unspecified atom stereocenters. The topological polar surface area (TPSA) is 25.8 Å². The number of aromatic nitrogens is 2. The minimum atomic E-state index is 0.845. The lowest BCUT2D eigenvalue weighted by Gasteiger charge is -2.07. The van der Waals surface area contributed by atoms with Crippen molar-refractivity contribution in [3.63, 3.8) is 0 Å². The molecule has 1 aromatic carbocycles. The Morgan fingerprint density at radius 1 is 0.864 bits per heavy atom. The molecule has 0 fully saturated rings. The fraction of sp³-hybridized carbons (Fsp3) is 0.500. The Kier molecular flexibility index (Phi) is 6.57. The van der Waals surface area contributed by atoms with Gasteiger partial charge in [-0.25, -0.2) is 9.97 Å². The van der Waals surface area contributed by atoms with E-state index in [0.29, 0.717) is 0 Å². The zero-order valence-electron chi connectivity index (χ0n) is 14.2. The first-order chi connectivity index (χ1) is 10.7. The second kappa shape index (κ2) is 8.67. The molecule has 2 rings (SSSR count). The van der Waals surface area contributed by atoms with Gasteiger partial charge in [0.25, 0.3) is 0 Å². The van der Waals surface area contributed by atoms with Gasteiger partial charge in [-0.05, 0) is 43.7 Å². The maximum Gasteiger partial charge on any atom is 0.159 e. The second-order valence-electron chi connectivity index (χ2n) is 6.06. The molecule has 0 bridgehead atoms. The molecule has 2 aromatic rings. The van der Waals surface area contributed by atoms with E-state index in [-0.39, 0.29) is 0 Å². The van der Waals surface area contributed by atoms with Crippen molar-refractivity contribution in [3.8, 4) is 11.4 Å². The number of rotatable bonds is 8. The lowest BCUT2D eigenvalue weighted by molar-refractivity contribution is 0.717. The average molecular weight is 296 g/mol. The van der Waals surface area contributed by atoms with Crippen LogP contribution in [0.1, 0.15) is 62.8 Å². The Morgan fingerprint density at radius 3 is 2.23 bits per heavy atom. The van der Waals surface area contributed by atoms with Crippen molar-refractivity contribution in [2.24, 2.45) is 0 Å². The molecule has 0 spiro atoms. The highest BCUT2D eigenvalue weighted by Gasteiger charge is 2.05. The van der Waals surface area contributed by atoms with Gasteiger partial charge in [-0.1, -0.05) is 57.4 Å². The third kappa shape index (κ3) is 4.66. The van der Waals surface area contributed by atoms with E-state index in [9.17, 15) is 0 Å². The maximum absolute atomic E-state index is 4.69. The van der Waals surface area contributed by atoms with Crippen LogP contribution in [0.15, 0.2) is 30.5 Å². The summed E-state index contributed by atoms with van der Waals surface area (Å²) in [5.74, 6) is 0.845. The van der Waals surface area contributed by atoms with E-state index in [1.54, 1.807) is 0 Å². The van der Waals surface area contributed by atoms with Gasteiger partial charge >= 0.3 is 0 Å². The normalized spacial score (nSPS) is 10.9. The van der Waals surface area contributed by atoms with Crippen molar-refractivity contribution in [2.45, 2.75) is 65.7 Å². The van der Waals surface area contributed by atoms with Crippen LogP contribution in [0.3, 0.4) is 0 Å². The van der Waals surface area contributed by atoms with E-state index >= 15 is 0 Å². The molecule has 0 aliphatic carbocycles. The van der Waals surface area contributed by atoms with Crippen molar-refractivity contribution < 1.29 is 0 Å². The summed E-state index contributed by atoms with van der Waals surface area (Å²) >= 11 is 0. The van der Waals surface area contributed by atoms with Crippen LogP contribution in [0.2, 0.25) is 0 Å². The monoisotopic (exact) mass is 296 g/mol. The standard InChI is InChI=1S/C20H28N2/c1-4-6-8-9-17-11-13-18(14-12-17)20-21-15-19(10-7-5-2)16(3)22-20/h11-15H,4-10H2,1-3H3. The smallest absolute Gasteiger partial charge is 0.159 e. The molecular formula is C20H28N2. The van der Waals surface area contributed by atoms with Gasteiger partial charge < -0.3 is 0 Å². The SMILES string of the molecule is CCCCCc1ccc(-c2ncc(CCCC)c(C)n2)cc1. The van der Waals surface area contributed by atoms with Gasteiger partial charge in [-0.3, -0.25) is 0 Å².